The summed E-state index contributed by atoms with van der Waals surface area (Å²) in [5.74, 6) is -0.221. The minimum absolute atomic E-state index is 0.0888. The molecule has 0 bridgehead atoms. The van der Waals surface area contributed by atoms with Gasteiger partial charge >= 0.3 is 5.97 Å². The second kappa shape index (κ2) is 4.91. The first kappa shape index (κ1) is 10.2. The van der Waals surface area contributed by atoms with Gasteiger partial charge in [0, 0.05) is 12.5 Å². The van der Waals surface area contributed by atoms with Gasteiger partial charge in [-0.05, 0) is 13.3 Å². The molecule has 0 amide bonds. The number of hydrogen-bond acceptors (Lipinski definition) is 3. The molecule has 0 heterocycles. The van der Waals surface area contributed by atoms with E-state index in [1.165, 1.54) is 7.11 Å². The van der Waals surface area contributed by atoms with E-state index in [0.717, 1.165) is 5.57 Å². The fourth-order valence-electron chi connectivity index (χ4n) is 0.622. The van der Waals surface area contributed by atoms with E-state index >= 15 is 0 Å². The Morgan fingerprint density at radius 1 is 1.73 bits per heavy atom. The van der Waals surface area contributed by atoms with Crippen molar-refractivity contribution in [2.45, 2.75) is 25.8 Å². The Morgan fingerprint density at radius 2 is 2.27 bits per heavy atom. The zero-order valence-corrected chi connectivity index (χ0v) is 7.09. The highest BCUT2D eigenvalue weighted by atomic mass is 16.5. The maximum atomic E-state index is 10.6. The van der Waals surface area contributed by atoms with Gasteiger partial charge in [0.05, 0.1) is 7.11 Å². The summed E-state index contributed by atoms with van der Waals surface area (Å²) >= 11 is 0. The molecule has 0 aromatic carbocycles. The van der Waals surface area contributed by atoms with E-state index in [4.69, 9.17) is 5.73 Å². The molecule has 11 heavy (non-hydrogen) atoms. The Hall–Kier alpha value is -0.830. The van der Waals surface area contributed by atoms with Crippen molar-refractivity contribution in [1.82, 2.24) is 0 Å². The van der Waals surface area contributed by atoms with Gasteiger partial charge in [0.15, 0.2) is 0 Å². The third-order valence-electron chi connectivity index (χ3n) is 1.52. The van der Waals surface area contributed by atoms with Crippen LogP contribution in [0.5, 0.6) is 0 Å². The van der Waals surface area contributed by atoms with E-state index < -0.39 is 0 Å². The molecule has 0 spiro atoms. The van der Waals surface area contributed by atoms with Gasteiger partial charge in [-0.3, -0.25) is 4.79 Å². The zero-order valence-electron chi connectivity index (χ0n) is 7.09. The molecule has 0 saturated heterocycles. The predicted octanol–water partition coefficient (Wildman–Crippen LogP) is 0.843. The Labute approximate surface area is 67.2 Å². The van der Waals surface area contributed by atoms with Crippen molar-refractivity contribution < 1.29 is 9.53 Å². The summed E-state index contributed by atoms with van der Waals surface area (Å²) in [6.07, 6.45) is 0.979. The first-order chi connectivity index (χ1) is 5.07. The van der Waals surface area contributed by atoms with Crippen LogP contribution >= 0.6 is 0 Å². The highest BCUT2D eigenvalue weighted by molar-refractivity contribution is 5.69. The van der Waals surface area contributed by atoms with E-state index in [1.54, 1.807) is 0 Å². The lowest BCUT2D eigenvalue weighted by Gasteiger charge is -2.08. The van der Waals surface area contributed by atoms with Crippen molar-refractivity contribution in [3.05, 3.63) is 12.2 Å². The molecular formula is C8H15NO2. The summed E-state index contributed by atoms with van der Waals surface area (Å²) < 4.78 is 4.46. The number of rotatable bonds is 4. The van der Waals surface area contributed by atoms with Crippen LogP contribution in [0.15, 0.2) is 12.2 Å². The minimum Gasteiger partial charge on any atom is -0.469 e. The molecule has 0 fully saturated rings. The number of carbonyl (C=O) groups is 1. The Balaban J connectivity index is 3.54. The Bertz CT molecular complexity index is 154. The first-order valence-corrected chi connectivity index (χ1v) is 3.55. The van der Waals surface area contributed by atoms with Crippen LogP contribution in [-0.4, -0.2) is 19.1 Å². The number of hydrogen-bond donors (Lipinski definition) is 1. The van der Waals surface area contributed by atoms with Crippen LogP contribution in [0, 0.1) is 0 Å². The van der Waals surface area contributed by atoms with Gasteiger partial charge in [0.2, 0.25) is 0 Å². The van der Waals surface area contributed by atoms with Crippen LogP contribution in [-0.2, 0) is 9.53 Å². The lowest BCUT2D eigenvalue weighted by Crippen LogP contribution is -2.22. The third kappa shape index (κ3) is 4.56. The van der Waals surface area contributed by atoms with Crippen molar-refractivity contribution in [2.75, 3.05) is 7.11 Å². The average Bonchev–Trinajstić information content (AvgIpc) is 1.99. The van der Waals surface area contributed by atoms with E-state index in [0.29, 0.717) is 12.8 Å². The molecule has 1 unspecified atom stereocenters. The SMILES string of the molecule is C=C(C)C(N)CCC(=O)OC. The van der Waals surface area contributed by atoms with E-state index in [9.17, 15) is 4.79 Å². The topological polar surface area (TPSA) is 52.3 Å². The van der Waals surface area contributed by atoms with E-state index in [1.807, 2.05) is 6.92 Å². The van der Waals surface area contributed by atoms with Crippen LogP contribution < -0.4 is 5.73 Å². The van der Waals surface area contributed by atoms with Crippen molar-refractivity contribution in [3.8, 4) is 0 Å². The molecule has 0 rings (SSSR count). The van der Waals surface area contributed by atoms with Gasteiger partial charge in [0.1, 0.15) is 0 Å². The first-order valence-electron chi connectivity index (χ1n) is 3.55. The molecule has 0 radical (unpaired) electrons. The Kier molecular flexibility index (Phi) is 4.54. The van der Waals surface area contributed by atoms with Gasteiger partial charge in [-0.15, -0.1) is 0 Å². The molecule has 2 N–H and O–H groups in total. The van der Waals surface area contributed by atoms with Gasteiger partial charge < -0.3 is 10.5 Å². The van der Waals surface area contributed by atoms with Crippen LogP contribution in [0.2, 0.25) is 0 Å². The number of ether oxygens (including phenoxy) is 1. The lowest BCUT2D eigenvalue weighted by atomic mass is 10.1. The van der Waals surface area contributed by atoms with E-state index in [2.05, 4.69) is 11.3 Å². The summed E-state index contributed by atoms with van der Waals surface area (Å²) in [6, 6.07) is -0.0888. The van der Waals surface area contributed by atoms with Crippen LogP contribution in [0.1, 0.15) is 19.8 Å². The lowest BCUT2D eigenvalue weighted by molar-refractivity contribution is -0.140. The van der Waals surface area contributed by atoms with Gasteiger partial charge in [-0.1, -0.05) is 12.2 Å². The predicted molar refractivity (Wildman–Crippen MR) is 44.0 cm³/mol. The highest BCUT2D eigenvalue weighted by Gasteiger charge is 2.06. The average molecular weight is 157 g/mol. The van der Waals surface area contributed by atoms with E-state index in [-0.39, 0.29) is 12.0 Å². The maximum absolute atomic E-state index is 10.6. The summed E-state index contributed by atoms with van der Waals surface area (Å²) in [7, 11) is 1.37. The second-order valence-electron chi connectivity index (χ2n) is 2.57. The monoisotopic (exact) mass is 157 g/mol. The normalized spacial score (nSPS) is 12.3. The van der Waals surface area contributed by atoms with Crippen LogP contribution in [0.25, 0.3) is 0 Å². The van der Waals surface area contributed by atoms with Crippen LogP contribution in [0.4, 0.5) is 0 Å². The standard InChI is InChI=1S/C8H15NO2/c1-6(2)7(9)4-5-8(10)11-3/h7H,1,4-5,9H2,2-3H3. The highest BCUT2D eigenvalue weighted by Crippen LogP contribution is 2.03. The molecule has 0 saturated carbocycles. The summed E-state index contributed by atoms with van der Waals surface area (Å²) in [5.41, 5.74) is 6.51. The molecule has 3 nitrogen and oxygen atoms in total. The summed E-state index contributed by atoms with van der Waals surface area (Å²) in [4.78, 5) is 10.6. The summed E-state index contributed by atoms with van der Waals surface area (Å²) in [6.45, 7) is 5.53. The zero-order chi connectivity index (χ0) is 8.85. The fourth-order valence-corrected chi connectivity index (χ4v) is 0.622. The van der Waals surface area contributed by atoms with Crippen LogP contribution in [0.3, 0.4) is 0 Å². The number of carbonyl (C=O) groups excluding carboxylic acids is 1. The molecule has 64 valence electrons. The fraction of sp³-hybridized carbons (Fsp3) is 0.625. The second-order valence-corrected chi connectivity index (χ2v) is 2.57. The maximum Gasteiger partial charge on any atom is 0.305 e. The largest absolute Gasteiger partial charge is 0.469 e. The molecular weight excluding hydrogens is 142 g/mol. The van der Waals surface area contributed by atoms with Crippen molar-refractivity contribution in [2.24, 2.45) is 5.73 Å². The number of esters is 1. The molecule has 0 aliphatic carbocycles. The number of nitrogens with two attached hydrogens (primary N) is 1. The van der Waals surface area contributed by atoms with Crippen molar-refractivity contribution in [1.29, 1.82) is 0 Å². The molecule has 1 atom stereocenters. The minimum atomic E-state index is -0.221. The third-order valence-corrected chi connectivity index (χ3v) is 1.52. The van der Waals surface area contributed by atoms with Gasteiger partial charge in [0.25, 0.3) is 0 Å². The quantitative estimate of drug-likeness (QED) is 0.486. The van der Waals surface area contributed by atoms with Gasteiger partial charge in [-0.2, -0.15) is 0 Å². The molecule has 0 aliphatic heterocycles. The smallest absolute Gasteiger partial charge is 0.305 e. The summed E-state index contributed by atoms with van der Waals surface area (Å²) in [5, 5.41) is 0. The van der Waals surface area contributed by atoms with Gasteiger partial charge in [-0.25, -0.2) is 0 Å². The molecule has 0 aliphatic rings. The van der Waals surface area contributed by atoms with Crippen molar-refractivity contribution in [3.63, 3.8) is 0 Å². The Morgan fingerprint density at radius 3 is 2.64 bits per heavy atom. The molecule has 0 aromatic rings. The van der Waals surface area contributed by atoms with Crippen molar-refractivity contribution >= 4 is 5.97 Å². The molecule has 3 heteroatoms. The number of methoxy groups -OCH3 is 1. The molecule has 0 aromatic heterocycles.